The molecule has 2 atom stereocenters. The fourth-order valence-corrected chi connectivity index (χ4v) is 2.88. The van der Waals surface area contributed by atoms with Crippen LogP contribution in [0.1, 0.15) is 19.5 Å². The molecule has 0 unspecified atom stereocenters. The first kappa shape index (κ1) is 11.8. The predicted octanol–water partition coefficient (Wildman–Crippen LogP) is 1.48. The zero-order chi connectivity index (χ0) is 11.5. The molecule has 16 heavy (non-hydrogen) atoms. The number of morpholine rings is 1. The van der Waals surface area contributed by atoms with E-state index < -0.39 is 0 Å². The maximum atomic E-state index is 5.72. The van der Waals surface area contributed by atoms with Gasteiger partial charge in [-0.25, -0.2) is 4.98 Å². The van der Waals surface area contributed by atoms with E-state index in [0.29, 0.717) is 12.2 Å². The Morgan fingerprint density at radius 3 is 2.81 bits per heavy atom. The molecule has 1 fully saturated rings. The Bertz CT molecular complexity index is 332. The van der Waals surface area contributed by atoms with Crippen molar-refractivity contribution in [3.05, 3.63) is 11.1 Å². The lowest BCUT2D eigenvalue weighted by Crippen LogP contribution is -2.45. The molecule has 1 aliphatic rings. The molecule has 0 spiro atoms. The number of anilines is 1. The summed E-state index contributed by atoms with van der Waals surface area (Å²) in [5, 5.41) is 6.36. The highest BCUT2D eigenvalue weighted by molar-refractivity contribution is 7.13. The summed E-state index contributed by atoms with van der Waals surface area (Å²) in [6.07, 6.45) is 0.584. The van der Waals surface area contributed by atoms with Crippen LogP contribution in [0, 0.1) is 0 Å². The summed E-state index contributed by atoms with van der Waals surface area (Å²) in [4.78, 5) is 6.94. The number of aromatic nitrogens is 1. The Balaban J connectivity index is 2.04. The molecule has 5 heteroatoms. The standard InChI is InChI=1S/C11H19N3OS/c1-8-5-14(6-9(2)15-8)11-13-10(4-12-3)7-16-11/h7-9,12H,4-6H2,1-3H3/t8-,9+. The second kappa shape index (κ2) is 5.12. The minimum atomic E-state index is 0.292. The summed E-state index contributed by atoms with van der Waals surface area (Å²) in [7, 11) is 1.94. The summed E-state index contributed by atoms with van der Waals surface area (Å²) >= 11 is 1.72. The Morgan fingerprint density at radius 2 is 2.19 bits per heavy atom. The smallest absolute Gasteiger partial charge is 0.185 e. The highest BCUT2D eigenvalue weighted by Gasteiger charge is 2.23. The van der Waals surface area contributed by atoms with E-state index in [-0.39, 0.29) is 0 Å². The van der Waals surface area contributed by atoms with Crippen LogP contribution in [0.15, 0.2) is 5.38 Å². The van der Waals surface area contributed by atoms with Crippen LogP contribution in [0.2, 0.25) is 0 Å². The zero-order valence-electron chi connectivity index (χ0n) is 10.1. The molecule has 2 heterocycles. The minimum Gasteiger partial charge on any atom is -0.372 e. The number of hydrogen-bond acceptors (Lipinski definition) is 5. The van der Waals surface area contributed by atoms with Crippen molar-refractivity contribution in [3.63, 3.8) is 0 Å². The Hall–Kier alpha value is -0.650. The first-order chi connectivity index (χ1) is 7.69. The number of nitrogens with zero attached hydrogens (tertiary/aromatic N) is 2. The fraction of sp³-hybridized carbons (Fsp3) is 0.727. The maximum Gasteiger partial charge on any atom is 0.185 e. The normalized spacial score (nSPS) is 26.1. The largest absolute Gasteiger partial charge is 0.372 e. The van der Waals surface area contributed by atoms with E-state index in [0.717, 1.165) is 30.5 Å². The first-order valence-corrected chi connectivity index (χ1v) is 6.56. The SMILES string of the molecule is CNCc1csc(N2C[C@@H](C)O[C@@H](C)C2)n1. The number of ether oxygens (including phenoxy) is 1. The summed E-state index contributed by atoms with van der Waals surface area (Å²) in [6.45, 7) is 6.95. The Morgan fingerprint density at radius 1 is 1.50 bits per heavy atom. The van der Waals surface area contributed by atoms with E-state index in [1.54, 1.807) is 11.3 Å². The van der Waals surface area contributed by atoms with Crippen LogP contribution in [-0.2, 0) is 11.3 Å². The first-order valence-electron chi connectivity index (χ1n) is 5.68. The molecule has 1 aromatic heterocycles. The molecule has 1 saturated heterocycles. The molecule has 0 bridgehead atoms. The average molecular weight is 241 g/mol. The van der Waals surface area contributed by atoms with Gasteiger partial charge in [0, 0.05) is 25.0 Å². The van der Waals surface area contributed by atoms with E-state index in [4.69, 9.17) is 4.74 Å². The summed E-state index contributed by atoms with van der Waals surface area (Å²) in [5.74, 6) is 0. The number of hydrogen-bond donors (Lipinski definition) is 1. The molecular formula is C11H19N3OS. The van der Waals surface area contributed by atoms with Crippen LogP contribution in [0.5, 0.6) is 0 Å². The van der Waals surface area contributed by atoms with Crippen LogP contribution in [0.3, 0.4) is 0 Å². The van der Waals surface area contributed by atoms with Crippen molar-refractivity contribution in [1.82, 2.24) is 10.3 Å². The third kappa shape index (κ3) is 2.72. The van der Waals surface area contributed by atoms with Gasteiger partial charge >= 0.3 is 0 Å². The van der Waals surface area contributed by atoms with Crippen molar-refractivity contribution >= 4 is 16.5 Å². The van der Waals surface area contributed by atoms with Gasteiger partial charge in [-0.15, -0.1) is 11.3 Å². The number of thiazole rings is 1. The van der Waals surface area contributed by atoms with Crippen LogP contribution >= 0.6 is 11.3 Å². The molecule has 0 radical (unpaired) electrons. The van der Waals surface area contributed by atoms with Crippen molar-refractivity contribution in [2.45, 2.75) is 32.6 Å². The molecule has 4 nitrogen and oxygen atoms in total. The van der Waals surface area contributed by atoms with Gasteiger partial charge in [-0.05, 0) is 20.9 Å². The molecule has 1 aromatic rings. The minimum absolute atomic E-state index is 0.292. The Kier molecular flexibility index (Phi) is 3.78. The molecule has 0 aliphatic carbocycles. The molecule has 90 valence electrons. The van der Waals surface area contributed by atoms with Crippen molar-refractivity contribution in [2.24, 2.45) is 0 Å². The maximum absolute atomic E-state index is 5.72. The highest BCUT2D eigenvalue weighted by atomic mass is 32.1. The van der Waals surface area contributed by atoms with Crippen molar-refractivity contribution in [1.29, 1.82) is 0 Å². The van der Waals surface area contributed by atoms with Crippen molar-refractivity contribution in [2.75, 3.05) is 25.0 Å². The summed E-state index contributed by atoms with van der Waals surface area (Å²) < 4.78 is 5.72. The lowest BCUT2D eigenvalue weighted by Gasteiger charge is -2.35. The van der Waals surface area contributed by atoms with E-state index in [9.17, 15) is 0 Å². The van der Waals surface area contributed by atoms with Gasteiger partial charge in [0.15, 0.2) is 5.13 Å². The predicted molar refractivity (Wildman–Crippen MR) is 67.1 cm³/mol. The number of rotatable bonds is 3. The van der Waals surface area contributed by atoms with E-state index >= 15 is 0 Å². The molecule has 0 aromatic carbocycles. The third-order valence-corrected chi connectivity index (χ3v) is 3.54. The summed E-state index contributed by atoms with van der Waals surface area (Å²) in [6, 6.07) is 0. The fourth-order valence-electron chi connectivity index (χ4n) is 2.04. The van der Waals surface area contributed by atoms with Gasteiger partial charge in [0.05, 0.1) is 17.9 Å². The van der Waals surface area contributed by atoms with E-state index in [2.05, 4.69) is 34.4 Å². The van der Waals surface area contributed by atoms with E-state index in [1.807, 2.05) is 7.05 Å². The lowest BCUT2D eigenvalue weighted by atomic mass is 10.2. The highest BCUT2D eigenvalue weighted by Crippen LogP contribution is 2.24. The van der Waals surface area contributed by atoms with Crippen LogP contribution in [0.25, 0.3) is 0 Å². The quantitative estimate of drug-likeness (QED) is 0.869. The number of nitrogens with one attached hydrogen (secondary N) is 1. The van der Waals surface area contributed by atoms with Crippen LogP contribution < -0.4 is 10.2 Å². The second-order valence-corrected chi connectivity index (χ2v) is 5.15. The second-order valence-electron chi connectivity index (χ2n) is 4.31. The van der Waals surface area contributed by atoms with Gasteiger partial charge < -0.3 is 15.0 Å². The third-order valence-electron chi connectivity index (χ3n) is 2.59. The molecule has 0 saturated carbocycles. The zero-order valence-corrected chi connectivity index (χ0v) is 10.9. The van der Waals surface area contributed by atoms with Gasteiger partial charge in [0.2, 0.25) is 0 Å². The van der Waals surface area contributed by atoms with Gasteiger partial charge in [-0.2, -0.15) is 0 Å². The molecule has 1 N–H and O–H groups in total. The van der Waals surface area contributed by atoms with Gasteiger partial charge in [-0.1, -0.05) is 0 Å². The Labute approximate surface area is 101 Å². The van der Waals surface area contributed by atoms with Crippen LogP contribution in [-0.4, -0.2) is 37.3 Å². The monoisotopic (exact) mass is 241 g/mol. The lowest BCUT2D eigenvalue weighted by molar-refractivity contribution is -0.00523. The molecular weight excluding hydrogens is 222 g/mol. The van der Waals surface area contributed by atoms with Gasteiger partial charge in [-0.3, -0.25) is 0 Å². The molecule has 2 rings (SSSR count). The van der Waals surface area contributed by atoms with Gasteiger partial charge in [0.1, 0.15) is 0 Å². The van der Waals surface area contributed by atoms with Gasteiger partial charge in [0.25, 0.3) is 0 Å². The summed E-state index contributed by atoms with van der Waals surface area (Å²) in [5.41, 5.74) is 1.12. The van der Waals surface area contributed by atoms with Crippen LogP contribution in [0.4, 0.5) is 5.13 Å². The topological polar surface area (TPSA) is 37.4 Å². The molecule has 1 aliphatic heterocycles. The average Bonchev–Trinajstić information content (AvgIpc) is 2.65. The van der Waals surface area contributed by atoms with Crippen molar-refractivity contribution < 1.29 is 4.74 Å². The van der Waals surface area contributed by atoms with E-state index in [1.165, 1.54) is 0 Å². The molecule has 0 amide bonds. The van der Waals surface area contributed by atoms with Crippen molar-refractivity contribution in [3.8, 4) is 0 Å².